The third-order valence-corrected chi connectivity index (χ3v) is 11.0. The summed E-state index contributed by atoms with van der Waals surface area (Å²) < 4.78 is 8.79. The van der Waals surface area contributed by atoms with Gasteiger partial charge in [-0.15, -0.1) is 0 Å². The van der Waals surface area contributed by atoms with Gasteiger partial charge in [-0.05, 0) is 72.7 Å². The Kier molecular flexibility index (Phi) is 5.47. The van der Waals surface area contributed by atoms with Crippen LogP contribution < -0.4 is 0 Å². The largest absolute Gasteiger partial charge is 0.437 e. The van der Waals surface area contributed by atoms with E-state index in [4.69, 9.17) is 14.4 Å². The average molecular weight is 662 g/mol. The van der Waals surface area contributed by atoms with Crippen LogP contribution in [0.1, 0.15) is 0 Å². The van der Waals surface area contributed by atoms with Gasteiger partial charge in [0.25, 0.3) is 0 Å². The summed E-state index contributed by atoms with van der Waals surface area (Å²) in [6, 6.07) is 58.5. The van der Waals surface area contributed by atoms with Crippen LogP contribution in [0.3, 0.4) is 0 Å². The molecule has 4 nitrogen and oxygen atoms in total. The molecule has 0 radical (unpaired) electrons. The molecule has 0 aliphatic carbocycles. The minimum atomic E-state index is 0.572. The zero-order chi connectivity index (χ0) is 33.9. The fraction of sp³-hybridized carbons (Fsp3) is 0. The molecule has 12 aromatic rings. The smallest absolute Gasteiger partial charge is 0.238 e. The van der Waals surface area contributed by atoms with Gasteiger partial charge in [0, 0.05) is 27.1 Å². The molecule has 0 bridgehead atoms. The maximum atomic E-state index is 6.55. The number of fused-ring (bicyclic) bond motifs is 16. The van der Waals surface area contributed by atoms with Crippen LogP contribution in [0.15, 0.2) is 168 Å². The molecule has 9 aromatic carbocycles. The van der Waals surface area contributed by atoms with Crippen molar-refractivity contribution < 1.29 is 4.42 Å². The molecule has 4 heteroatoms. The summed E-state index contributed by atoms with van der Waals surface area (Å²) in [5.74, 6) is 0.578. The van der Waals surface area contributed by atoms with Gasteiger partial charge in [-0.25, -0.2) is 4.98 Å². The number of hydrogen-bond donors (Lipinski definition) is 0. The van der Waals surface area contributed by atoms with Crippen LogP contribution in [0.25, 0.3) is 115 Å². The fourth-order valence-corrected chi connectivity index (χ4v) is 8.74. The van der Waals surface area contributed by atoms with Crippen LogP contribution in [-0.4, -0.2) is 14.5 Å². The van der Waals surface area contributed by atoms with Crippen molar-refractivity contribution in [3.05, 3.63) is 164 Å². The zero-order valence-corrected chi connectivity index (χ0v) is 27.8. The molecule has 0 N–H and O–H groups in total. The van der Waals surface area contributed by atoms with Gasteiger partial charge in [0.15, 0.2) is 0 Å². The first-order chi connectivity index (χ1) is 25.8. The summed E-state index contributed by atoms with van der Waals surface area (Å²) in [7, 11) is 0. The normalized spacial score (nSPS) is 12.2. The molecule has 0 unspecified atom stereocenters. The summed E-state index contributed by atoms with van der Waals surface area (Å²) in [6.07, 6.45) is 0. The van der Waals surface area contributed by atoms with Crippen molar-refractivity contribution >= 4 is 97.7 Å². The van der Waals surface area contributed by atoms with Crippen molar-refractivity contribution in [3.63, 3.8) is 0 Å². The minimum Gasteiger partial charge on any atom is -0.437 e. The monoisotopic (exact) mass is 661 g/mol. The van der Waals surface area contributed by atoms with E-state index in [1.807, 2.05) is 18.2 Å². The topological polar surface area (TPSA) is 43.9 Å². The quantitative estimate of drug-likeness (QED) is 0.173. The Labute approximate surface area is 296 Å². The number of benzene rings is 9. The molecule has 52 heavy (non-hydrogen) atoms. The zero-order valence-electron chi connectivity index (χ0n) is 27.8. The number of furan rings is 1. The van der Waals surface area contributed by atoms with Crippen LogP contribution in [-0.2, 0) is 0 Å². The molecule has 0 saturated carbocycles. The molecule has 0 amide bonds. The number of para-hydroxylation sites is 1. The lowest BCUT2D eigenvalue weighted by Crippen LogP contribution is -2.03. The second-order valence-electron chi connectivity index (χ2n) is 13.7. The minimum absolute atomic E-state index is 0.572. The third kappa shape index (κ3) is 3.70. The van der Waals surface area contributed by atoms with E-state index in [-0.39, 0.29) is 0 Å². The lowest BCUT2D eigenvalue weighted by molar-refractivity contribution is 0.651. The highest BCUT2D eigenvalue weighted by Crippen LogP contribution is 2.45. The van der Waals surface area contributed by atoms with Gasteiger partial charge in [0.1, 0.15) is 5.58 Å². The Hall–Kier alpha value is -7.04. The van der Waals surface area contributed by atoms with E-state index in [1.54, 1.807) is 0 Å². The number of nitrogens with zero attached hydrogens (tertiary/aromatic N) is 3. The Morgan fingerprint density at radius 2 is 0.962 bits per heavy atom. The van der Waals surface area contributed by atoms with Gasteiger partial charge >= 0.3 is 0 Å². The Morgan fingerprint density at radius 1 is 0.385 bits per heavy atom. The van der Waals surface area contributed by atoms with Gasteiger partial charge in [-0.1, -0.05) is 140 Å². The molecule has 0 aliphatic rings. The van der Waals surface area contributed by atoms with Gasteiger partial charge in [-0.3, -0.25) is 4.57 Å². The first-order valence-corrected chi connectivity index (χ1v) is 17.7. The van der Waals surface area contributed by atoms with Gasteiger partial charge in [0.2, 0.25) is 11.7 Å². The molecule has 0 aliphatic heterocycles. The lowest BCUT2D eigenvalue weighted by Gasteiger charge is -2.13. The van der Waals surface area contributed by atoms with Crippen molar-refractivity contribution in [2.45, 2.75) is 0 Å². The molecular formula is C48H27N3O. The first-order valence-electron chi connectivity index (χ1n) is 17.7. The lowest BCUT2D eigenvalue weighted by atomic mass is 9.91. The maximum absolute atomic E-state index is 6.55. The van der Waals surface area contributed by atoms with E-state index >= 15 is 0 Å². The highest BCUT2D eigenvalue weighted by Gasteiger charge is 2.24. The standard InChI is InChI=1S/C48H27N3O/c1-2-13-30-27-31(22-21-28(30)11-1)46-44-38-19-9-10-20-41(38)52-47(44)50-48(49-46)51-39-25-23-29-12-3-4-14-32(29)43(39)45-40(51)26-24-37-35-17-6-5-15-33(35)34-16-7-8-18-36(34)42(37)45/h1-27H. The second kappa shape index (κ2) is 10.3. The van der Waals surface area contributed by atoms with Crippen LogP contribution >= 0.6 is 0 Å². The molecule has 0 fully saturated rings. The highest BCUT2D eigenvalue weighted by molar-refractivity contribution is 6.37. The first kappa shape index (κ1) is 27.7. The van der Waals surface area contributed by atoms with Crippen molar-refractivity contribution in [2.75, 3.05) is 0 Å². The predicted octanol–water partition coefficient (Wildman–Crippen LogP) is 12.9. The molecule has 0 saturated heterocycles. The Morgan fingerprint density at radius 3 is 1.77 bits per heavy atom. The summed E-state index contributed by atoms with van der Waals surface area (Å²) in [6.45, 7) is 0. The molecule has 0 spiro atoms. The number of aromatic nitrogens is 3. The molecule has 240 valence electrons. The van der Waals surface area contributed by atoms with Crippen molar-refractivity contribution in [3.8, 4) is 17.2 Å². The Balaban J connectivity index is 1.29. The second-order valence-corrected chi connectivity index (χ2v) is 13.7. The number of rotatable bonds is 2. The predicted molar refractivity (Wildman–Crippen MR) is 217 cm³/mol. The summed E-state index contributed by atoms with van der Waals surface area (Å²) >= 11 is 0. The van der Waals surface area contributed by atoms with Gasteiger partial charge in [-0.2, -0.15) is 4.98 Å². The van der Waals surface area contributed by atoms with Crippen molar-refractivity contribution in [2.24, 2.45) is 0 Å². The molecule has 3 aromatic heterocycles. The van der Waals surface area contributed by atoms with Crippen LogP contribution in [0.4, 0.5) is 0 Å². The van der Waals surface area contributed by atoms with Gasteiger partial charge < -0.3 is 4.42 Å². The molecule has 12 rings (SSSR count). The van der Waals surface area contributed by atoms with Crippen LogP contribution in [0, 0.1) is 0 Å². The number of hydrogen-bond acceptors (Lipinski definition) is 3. The molecule has 0 atom stereocenters. The summed E-state index contributed by atoms with van der Waals surface area (Å²) in [4.78, 5) is 10.8. The van der Waals surface area contributed by atoms with E-state index in [2.05, 4.69) is 150 Å². The summed E-state index contributed by atoms with van der Waals surface area (Å²) in [5, 5.41) is 16.5. The molecular weight excluding hydrogens is 635 g/mol. The summed E-state index contributed by atoms with van der Waals surface area (Å²) in [5.41, 5.74) is 5.35. The van der Waals surface area contributed by atoms with E-state index in [1.165, 1.54) is 59.2 Å². The van der Waals surface area contributed by atoms with Crippen molar-refractivity contribution in [1.82, 2.24) is 14.5 Å². The van der Waals surface area contributed by atoms with E-state index in [0.717, 1.165) is 44.0 Å². The Bertz CT molecular complexity index is 3440. The van der Waals surface area contributed by atoms with E-state index in [9.17, 15) is 0 Å². The SMILES string of the molecule is c1ccc2cc(-c3nc(-n4c5ccc6ccccc6c5c5c6c7ccccc7c7ccccc7c6ccc54)nc4oc5ccccc5c34)ccc2c1. The molecule has 3 heterocycles. The van der Waals surface area contributed by atoms with E-state index in [0.29, 0.717) is 11.7 Å². The highest BCUT2D eigenvalue weighted by atomic mass is 16.3. The van der Waals surface area contributed by atoms with Crippen LogP contribution in [0.5, 0.6) is 0 Å². The fourth-order valence-electron chi connectivity index (χ4n) is 8.74. The van der Waals surface area contributed by atoms with Crippen molar-refractivity contribution in [1.29, 1.82) is 0 Å². The van der Waals surface area contributed by atoms with Crippen LogP contribution in [0.2, 0.25) is 0 Å². The third-order valence-electron chi connectivity index (χ3n) is 11.0. The van der Waals surface area contributed by atoms with E-state index < -0.39 is 0 Å². The maximum Gasteiger partial charge on any atom is 0.238 e. The average Bonchev–Trinajstić information content (AvgIpc) is 3.76. The van der Waals surface area contributed by atoms with Gasteiger partial charge in [0.05, 0.1) is 22.1 Å².